The van der Waals surface area contributed by atoms with Crippen molar-refractivity contribution in [1.29, 1.82) is 0 Å². The third-order valence-corrected chi connectivity index (χ3v) is 4.23. The van der Waals surface area contributed by atoms with Gasteiger partial charge >= 0.3 is 0 Å². The quantitative estimate of drug-likeness (QED) is 0.561. The largest absolute Gasteiger partial charge is 0.481 e. The maximum Gasteiger partial charge on any atom is 0.218 e. The van der Waals surface area contributed by atoms with E-state index in [0.717, 1.165) is 0 Å². The third-order valence-electron chi connectivity index (χ3n) is 3.83. The normalized spacial score (nSPS) is 11.2. The standard InChI is InChI=1S/C17H13ClFN5O/c1-25-15-8-14-22-13(16(18)24(14)10-21-15)9-23-6-5-20-17(23)11-3-2-4-12(19)7-11/h2-8,10H,9H2,1H3. The lowest BCUT2D eigenvalue weighted by Crippen LogP contribution is -2.02. The molecule has 0 aliphatic heterocycles. The van der Waals surface area contributed by atoms with E-state index < -0.39 is 0 Å². The Bertz CT molecular complexity index is 1060. The van der Waals surface area contributed by atoms with Crippen molar-refractivity contribution >= 4 is 17.2 Å². The van der Waals surface area contributed by atoms with E-state index in [-0.39, 0.29) is 5.82 Å². The summed E-state index contributed by atoms with van der Waals surface area (Å²) in [6.45, 7) is 0.397. The lowest BCUT2D eigenvalue weighted by molar-refractivity contribution is 0.397. The van der Waals surface area contributed by atoms with Crippen LogP contribution in [0.1, 0.15) is 5.69 Å². The highest BCUT2D eigenvalue weighted by Gasteiger charge is 2.14. The number of nitrogens with zero attached hydrogens (tertiary/aromatic N) is 5. The molecule has 0 bridgehead atoms. The molecule has 6 nitrogen and oxygen atoms in total. The zero-order valence-corrected chi connectivity index (χ0v) is 14.0. The number of aromatic nitrogens is 5. The number of benzene rings is 1. The summed E-state index contributed by atoms with van der Waals surface area (Å²) in [7, 11) is 1.54. The fraction of sp³-hybridized carbons (Fsp3) is 0.118. The molecule has 0 spiro atoms. The molecule has 0 amide bonds. The molecule has 126 valence electrons. The Hall–Kier alpha value is -2.93. The molecule has 0 radical (unpaired) electrons. The molecule has 0 aliphatic rings. The summed E-state index contributed by atoms with van der Waals surface area (Å²) in [4.78, 5) is 13.0. The predicted molar refractivity (Wildman–Crippen MR) is 91.3 cm³/mol. The summed E-state index contributed by atoms with van der Waals surface area (Å²) < 4.78 is 22.2. The second kappa shape index (κ2) is 6.18. The lowest BCUT2D eigenvalue weighted by Gasteiger charge is -2.06. The Morgan fingerprint density at radius 1 is 1.24 bits per heavy atom. The summed E-state index contributed by atoms with van der Waals surface area (Å²) in [5.74, 6) is 0.795. The first kappa shape index (κ1) is 15.6. The topological polar surface area (TPSA) is 57.2 Å². The van der Waals surface area contributed by atoms with Gasteiger partial charge < -0.3 is 9.30 Å². The highest BCUT2D eigenvalue weighted by atomic mass is 35.5. The third kappa shape index (κ3) is 2.83. The molecule has 0 saturated heterocycles. The molecule has 0 unspecified atom stereocenters. The number of rotatable bonds is 4. The number of imidazole rings is 2. The van der Waals surface area contributed by atoms with Gasteiger partial charge in [0.15, 0.2) is 0 Å². The first-order valence-corrected chi connectivity index (χ1v) is 7.87. The van der Waals surface area contributed by atoms with Gasteiger partial charge in [0.2, 0.25) is 5.88 Å². The van der Waals surface area contributed by atoms with E-state index in [0.29, 0.717) is 40.3 Å². The van der Waals surface area contributed by atoms with Crippen LogP contribution in [0.25, 0.3) is 17.0 Å². The average Bonchev–Trinajstić information content (AvgIpc) is 3.20. The zero-order valence-electron chi connectivity index (χ0n) is 13.2. The van der Waals surface area contributed by atoms with Crippen molar-refractivity contribution < 1.29 is 9.13 Å². The molecule has 3 heterocycles. The van der Waals surface area contributed by atoms with Gasteiger partial charge in [0.1, 0.15) is 28.8 Å². The van der Waals surface area contributed by atoms with Crippen LogP contribution in [0, 0.1) is 5.82 Å². The van der Waals surface area contributed by atoms with Crippen LogP contribution in [0.15, 0.2) is 49.1 Å². The van der Waals surface area contributed by atoms with Crippen LogP contribution in [-0.4, -0.2) is 31.0 Å². The Labute approximate surface area is 147 Å². The molecule has 0 fully saturated rings. The maximum atomic E-state index is 13.5. The van der Waals surface area contributed by atoms with Gasteiger partial charge in [-0.3, -0.25) is 4.40 Å². The van der Waals surface area contributed by atoms with Crippen molar-refractivity contribution in [2.75, 3.05) is 7.11 Å². The van der Waals surface area contributed by atoms with Crippen LogP contribution < -0.4 is 4.74 Å². The number of halogens is 2. The molecule has 0 saturated carbocycles. The number of fused-ring (bicyclic) bond motifs is 1. The summed E-state index contributed by atoms with van der Waals surface area (Å²) in [5, 5.41) is 0.462. The van der Waals surface area contributed by atoms with E-state index in [1.165, 1.54) is 12.1 Å². The SMILES string of the molecule is COc1cc2nc(Cn3ccnc3-c3cccc(F)c3)c(Cl)n2cn1. The van der Waals surface area contributed by atoms with Crippen LogP contribution >= 0.6 is 11.6 Å². The van der Waals surface area contributed by atoms with Gasteiger partial charge in [0.05, 0.1) is 19.3 Å². The van der Waals surface area contributed by atoms with Crippen LogP contribution in [0.5, 0.6) is 5.88 Å². The Morgan fingerprint density at radius 3 is 2.92 bits per heavy atom. The fourth-order valence-corrected chi connectivity index (χ4v) is 2.88. The van der Waals surface area contributed by atoms with E-state index >= 15 is 0 Å². The number of ether oxygens (including phenoxy) is 1. The zero-order chi connectivity index (χ0) is 17.4. The first-order valence-electron chi connectivity index (χ1n) is 7.49. The predicted octanol–water partition coefficient (Wildman–Crippen LogP) is 3.44. The van der Waals surface area contributed by atoms with Gasteiger partial charge in [-0.1, -0.05) is 23.7 Å². The van der Waals surface area contributed by atoms with Crippen molar-refractivity contribution in [1.82, 2.24) is 23.9 Å². The van der Waals surface area contributed by atoms with Gasteiger partial charge in [-0.15, -0.1) is 0 Å². The van der Waals surface area contributed by atoms with E-state index in [4.69, 9.17) is 16.3 Å². The molecule has 8 heteroatoms. The Kier molecular flexibility index (Phi) is 3.85. The van der Waals surface area contributed by atoms with Crippen molar-refractivity contribution in [2.45, 2.75) is 6.54 Å². The number of hydrogen-bond donors (Lipinski definition) is 0. The van der Waals surface area contributed by atoms with Crippen molar-refractivity contribution in [3.8, 4) is 17.3 Å². The highest BCUT2D eigenvalue weighted by molar-refractivity contribution is 6.30. The van der Waals surface area contributed by atoms with Gasteiger partial charge in [-0.05, 0) is 12.1 Å². The van der Waals surface area contributed by atoms with Crippen LogP contribution in [-0.2, 0) is 6.54 Å². The van der Waals surface area contributed by atoms with Gasteiger partial charge in [-0.2, -0.15) is 0 Å². The monoisotopic (exact) mass is 357 g/mol. The summed E-state index contributed by atoms with van der Waals surface area (Å²) >= 11 is 6.42. The van der Waals surface area contributed by atoms with Crippen LogP contribution in [0.3, 0.4) is 0 Å². The van der Waals surface area contributed by atoms with E-state index in [2.05, 4.69) is 15.0 Å². The molecule has 0 atom stereocenters. The summed E-state index contributed by atoms with van der Waals surface area (Å²) in [5.41, 5.74) is 1.99. The maximum absolute atomic E-state index is 13.5. The number of methoxy groups -OCH3 is 1. The molecule has 0 aliphatic carbocycles. The van der Waals surface area contributed by atoms with Crippen LogP contribution in [0.4, 0.5) is 4.39 Å². The van der Waals surface area contributed by atoms with E-state index in [1.54, 1.807) is 42.4 Å². The van der Waals surface area contributed by atoms with Crippen molar-refractivity contribution in [2.24, 2.45) is 0 Å². The minimum absolute atomic E-state index is 0.309. The fourth-order valence-electron chi connectivity index (χ4n) is 2.65. The second-order valence-electron chi connectivity index (χ2n) is 5.40. The lowest BCUT2D eigenvalue weighted by atomic mass is 10.2. The van der Waals surface area contributed by atoms with Crippen molar-refractivity contribution in [3.63, 3.8) is 0 Å². The number of hydrogen-bond acceptors (Lipinski definition) is 4. The molecule has 25 heavy (non-hydrogen) atoms. The summed E-state index contributed by atoms with van der Waals surface area (Å²) in [6.07, 6.45) is 5.03. The summed E-state index contributed by atoms with van der Waals surface area (Å²) in [6, 6.07) is 8.01. The minimum Gasteiger partial charge on any atom is -0.481 e. The van der Waals surface area contributed by atoms with Gasteiger partial charge in [-0.25, -0.2) is 19.3 Å². The van der Waals surface area contributed by atoms with Crippen molar-refractivity contribution in [3.05, 3.63) is 65.7 Å². The molecule has 4 aromatic rings. The molecular formula is C17H13ClFN5O. The minimum atomic E-state index is -0.309. The van der Waals surface area contributed by atoms with Gasteiger partial charge in [0, 0.05) is 24.0 Å². The first-order chi connectivity index (χ1) is 12.2. The van der Waals surface area contributed by atoms with Gasteiger partial charge in [0.25, 0.3) is 0 Å². The Morgan fingerprint density at radius 2 is 2.12 bits per heavy atom. The van der Waals surface area contributed by atoms with Crippen LogP contribution in [0.2, 0.25) is 5.15 Å². The molecule has 3 aromatic heterocycles. The smallest absolute Gasteiger partial charge is 0.218 e. The molecule has 0 N–H and O–H groups in total. The Balaban J connectivity index is 1.73. The molecular weight excluding hydrogens is 345 g/mol. The van der Waals surface area contributed by atoms with E-state index in [9.17, 15) is 4.39 Å². The highest BCUT2D eigenvalue weighted by Crippen LogP contribution is 2.24. The second-order valence-corrected chi connectivity index (χ2v) is 5.76. The molecule has 1 aromatic carbocycles. The van der Waals surface area contributed by atoms with E-state index in [1.807, 2.05) is 10.6 Å². The molecule has 4 rings (SSSR count). The average molecular weight is 358 g/mol.